The van der Waals surface area contributed by atoms with Gasteiger partial charge in [0, 0.05) is 11.3 Å². The number of imidazole rings is 1. The van der Waals surface area contributed by atoms with Crippen LogP contribution in [0, 0.1) is 5.51 Å². The maximum atomic E-state index is 11.6. The molecule has 0 aliphatic heterocycles. The summed E-state index contributed by atoms with van der Waals surface area (Å²) in [4.78, 5) is 31.3. The minimum absolute atomic E-state index is 0.128. The fraction of sp³-hybridized carbons (Fsp3) is 0.0625. The van der Waals surface area contributed by atoms with Gasteiger partial charge in [-0.3, -0.25) is 9.36 Å². The topological polar surface area (TPSA) is 147 Å². The Morgan fingerprint density at radius 2 is 2.18 bits per heavy atom. The van der Waals surface area contributed by atoms with Gasteiger partial charge in [0.1, 0.15) is 11.0 Å². The number of anilines is 1. The van der Waals surface area contributed by atoms with E-state index in [0.29, 0.717) is 38.1 Å². The molecule has 1 aromatic carbocycles. The Hall–Kier alpha value is -3.28. The molecule has 0 fully saturated rings. The summed E-state index contributed by atoms with van der Waals surface area (Å²) < 4.78 is 3.31. The molecule has 28 heavy (non-hydrogen) atoms. The molecule has 3 heterocycles. The lowest BCUT2D eigenvalue weighted by atomic mass is 10.1. The number of aromatic nitrogens is 5. The second-order valence-electron chi connectivity index (χ2n) is 5.63. The van der Waals surface area contributed by atoms with Crippen molar-refractivity contribution in [2.75, 3.05) is 11.9 Å². The van der Waals surface area contributed by atoms with E-state index in [-0.39, 0.29) is 12.5 Å². The number of thiazole rings is 1. The highest BCUT2D eigenvalue weighted by Gasteiger charge is 2.21. The first-order chi connectivity index (χ1) is 13.5. The number of nitrogens with two attached hydrogens (primary N) is 2. The number of carbonyl (C=O) groups excluding carboxylic acids is 2. The molecule has 4 rings (SSSR count). The number of nitrogens with one attached hydrogen (secondary N) is 1. The molecule has 0 atom stereocenters. The molecule has 1 radical (unpaired) electrons. The Morgan fingerprint density at radius 3 is 2.89 bits per heavy atom. The van der Waals surface area contributed by atoms with E-state index < -0.39 is 6.03 Å². The fourth-order valence-electron chi connectivity index (χ4n) is 2.67. The van der Waals surface area contributed by atoms with Crippen LogP contribution in [0.4, 0.5) is 10.5 Å². The molecule has 0 saturated carbocycles. The van der Waals surface area contributed by atoms with Crippen molar-refractivity contribution in [3.8, 4) is 17.1 Å². The number of amides is 2. The zero-order valence-electron chi connectivity index (χ0n) is 14.1. The van der Waals surface area contributed by atoms with Crippen LogP contribution in [0.2, 0.25) is 5.02 Å². The molecular formula is C16H12ClN8O2S. The van der Waals surface area contributed by atoms with E-state index >= 15 is 0 Å². The van der Waals surface area contributed by atoms with Crippen LogP contribution in [0.1, 0.15) is 0 Å². The van der Waals surface area contributed by atoms with E-state index in [0.717, 1.165) is 4.68 Å². The van der Waals surface area contributed by atoms with Crippen LogP contribution < -0.4 is 16.8 Å². The number of nitrogens with zero attached hydrogens (tertiary/aromatic N) is 5. The quantitative estimate of drug-likeness (QED) is 0.461. The predicted octanol–water partition coefficient (Wildman–Crippen LogP) is 1.62. The number of carbonyl (C=O) groups is 2. The van der Waals surface area contributed by atoms with Gasteiger partial charge in [0.25, 0.3) is 0 Å². The van der Waals surface area contributed by atoms with Crippen LogP contribution in [0.5, 0.6) is 0 Å². The molecular weight excluding hydrogens is 404 g/mol. The SMILES string of the molecule is NCC(=O)Nc1ccc(-c2cncn2-c2nn(C(N)=O)c3n[c]sc23)c(Cl)c1. The van der Waals surface area contributed by atoms with Gasteiger partial charge in [-0.15, -0.1) is 16.4 Å². The summed E-state index contributed by atoms with van der Waals surface area (Å²) in [6.45, 7) is -0.128. The van der Waals surface area contributed by atoms with Crippen LogP contribution in [0.25, 0.3) is 27.4 Å². The van der Waals surface area contributed by atoms with Crippen LogP contribution >= 0.6 is 22.9 Å². The molecule has 4 aromatic rings. The number of hydrogen-bond acceptors (Lipinski definition) is 7. The highest BCUT2D eigenvalue weighted by atomic mass is 35.5. The first-order valence-corrected chi connectivity index (χ1v) is 9.07. The summed E-state index contributed by atoms with van der Waals surface area (Å²) in [5, 5.41) is 7.28. The number of fused-ring (bicyclic) bond motifs is 1. The van der Waals surface area contributed by atoms with Crippen molar-refractivity contribution in [2.45, 2.75) is 0 Å². The Balaban J connectivity index is 1.80. The average Bonchev–Trinajstić information content (AvgIpc) is 3.37. The molecule has 10 nitrogen and oxygen atoms in total. The molecule has 3 aromatic heterocycles. The van der Waals surface area contributed by atoms with E-state index in [1.807, 2.05) is 0 Å². The van der Waals surface area contributed by atoms with Crippen molar-refractivity contribution in [1.29, 1.82) is 0 Å². The van der Waals surface area contributed by atoms with Crippen molar-refractivity contribution in [1.82, 2.24) is 24.3 Å². The molecule has 0 spiro atoms. The van der Waals surface area contributed by atoms with Crippen LogP contribution in [0.15, 0.2) is 30.7 Å². The van der Waals surface area contributed by atoms with Crippen molar-refractivity contribution in [3.63, 3.8) is 0 Å². The summed E-state index contributed by atoms with van der Waals surface area (Å²) in [6, 6.07) is 4.29. The summed E-state index contributed by atoms with van der Waals surface area (Å²) in [6.07, 6.45) is 3.15. The number of primary amides is 1. The summed E-state index contributed by atoms with van der Waals surface area (Å²) >= 11 is 7.62. The summed E-state index contributed by atoms with van der Waals surface area (Å²) in [7, 11) is 0. The van der Waals surface area contributed by atoms with E-state index in [9.17, 15) is 9.59 Å². The maximum Gasteiger partial charge on any atom is 0.341 e. The van der Waals surface area contributed by atoms with Crippen LogP contribution in [-0.4, -0.2) is 42.8 Å². The average molecular weight is 416 g/mol. The Kier molecular flexibility index (Phi) is 4.55. The third-order valence-corrected chi connectivity index (χ3v) is 4.95. The first kappa shape index (κ1) is 18.1. The highest BCUT2D eigenvalue weighted by Crippen LogP contribution is 2.33. The predicted molar refractivity (Wildman–Crippen MR) is 104 cm³/mol. The molecule has 141 valence electrons. The second-order valence-corrected chi connectivity index (χ2v) is 6.83. The van der Waals surface area contributed by atoms with Gasteiger partial charge in [0.2, 0.25) is 5.91 Å². The highest BCUT2D eigenvalue weighted by molar-refractivity contribution is 7.16. The van der Waals surface area contributed by atoms with Gasteiger partial charge in [-0.2, -0.15) is 4.68 Å². The third kappa shape index (κ3) is 3.01. The molecule has 5 N–H and O–H groups in total. The van der Waals surface area contributed by atoms with Crippen LogP contribution in [-0.2, 0) is 4.79 Å². The lowest BCUT2D eigenvalue weighted by molar-refractivity contribution is -0.114. The molecule has 0 aliphatic rings. The van der Waals surface area contributed by atoms with Gasteiger partial charge in [-0.1, -0.05) is 11.6 Å². The standard InChI is InChI=1S/C16H12ClN8O2S/c17-10-3-8(22-12(26)4-18)1-2-9(10)11-5-20-6-24(11)15-13-14(21-7-28-13)25(23-15)16(19)27/h1-3,5-6H,4,18H2,(H2,19,27)(H,22,26). The fourth-order valence-corrected chi connectivity index (χ4v) is 3.63. The van der Waals surface area contributed by atoms with Gasteiger partial charge in [0.05, 0.1) is 23.5 Å². The normalized spacial score (nSPS) is 11.1. The first-order valence-electron chi connectivity index (χ1n) is 7.87. The van der Waals surface area contributed by atoms with Gasteiger partial charge in [0.15, 0.2) is 17.0 Å². The van der Waals surface area contributed by atoms with Crippen molar-refractivity contribution < 1.29 is 9.59 Å². The zero-order valence-corrected chi connectivity index (χ0v) is 15.7. The van der Waals surface area contributed by atoms with E-state index in [1.165, 1.54) is 11.3 Å². The Bertz CT molecular complexity index is 1210. The van der Waals surface area contributed by atoms with E-state index in [1.54, 1.807) is 35.3 Å². The summed E-state index contributed by atoms with van der Waals surface area (Å²) in [5.74, 6) is 0.103. The minimum Gasteiger partial charge on any atom is -0.350 e. The summed E-state index contributed by atoms with van der Waals surface area (Å²) in [5.41, 5.74) is 15.5. The number of rotatable bonds is 4. The second kappa shape index (κ2) is 7.03. The molecule has 0 unspecified atom stereocenters. The lowest BCUT2D eigenvalue weighted by Gasteiger charge is -2.10. The molecule has 2 amide bonds. The molecule has 12 heteroatoms. The van der Waals surface area contributed by atoms with Crippen molar-refractivity contribution in [3.05, 3.63) is 41.3 Å². The zero-order chi connectivity index (χ0) is 19.8. The lowest BCUT2D eigenvalue weighted by Crippen LogP contribution is -2.21. The Morgan fingerprint density at radius 1 is 1.36 bits per heavy atom. The maximum absolute atomic E-state index is 11.6. The van der Waals surface area contributed by atoms with Gasteiger partial charge >= 0.3 is 6.03 Å². The smallest absolute Gasteiger partial charge is 0.341 e. The van der Waals surface area contributed by atoms with Crippen molar-refractivity contribution >= 4 is 50.9 Å². The Labute approximate surface area is 166 Å². The minimum atomic E-state index is -0.754. The van der Waals surface area contributed by atoms with Gasteiger partial charge in [-0.05, 0) is 18.2 Å². The van der Waals surface area contributed by atoms with E-state index in [4.69, 9.17) is 23.1 Å². The molecule has 0 saturated heterocycles. The van der Waals surface area contributed by atoms with Gasteiger partial charge < -0.3 is 16.8 Å². The largest absolute Gasteiger partial charge is 0.350 e. The number of benzene rings is 1. The molecule has 0 bridgehead atoms. The van der Waals surface area contributed by atoms with Gasteiger partial charge in [-0.25, -0.2) is 14.8 Å². The van der Waals surface area contributed by atoms with Crippen LogP contribution in [0.3, 0.4) is 0 Å². The monoisotopic (exact) mass is 415 g/mol. The van der Waals surface area contributed by atoms with Crippen molar-refractivity contribution in [2.24, 2.45) is 11.5 Å². The molecule has 0 aliphatic carbocycles. The number of halogens is 1. The number of hydrogen-bond donors (Lipinski definition) is 3. The van der Waals surface area contributed by atoms with E-state index in [2.05, 4.69) is 25.9 Å². The third-order valence-electron chi connectivity index (χ3n) is 3.89.